The van der Waals surface area contributed by atoms with E-state index in [0.717, 1.165) is 11.5 Å². The Labute approximate surface area is 158 Å². The quantitative estimate of drug-likeness (QED) is 0.831. The highest BCUT2D eigenvalue weighted by molar-refractivity contribution is 5.94. The van der Waals surface area contributed by atoms with Crippen molar-refractivity contribution in [3.63, 3.8) is 0 Å². The molecule has 1 aliphatic heterocycles. The molecule has 1 aromatic heterocycles. The molecule has 0 saturated carbocycles. The number of nitrogens with zero attached hydrogens (tertiary/aromatic N) is 3. The summed E-state index contributed by atoms with van der Waals surface area (Å²) in [6, 6.07) is 5.28. The Morgan fingerprint density at radius 3 is 2.52 bits per heavy atom. The van der Waals surface area contributed by atoms with Crippen molar-refractivity contribution in [1.82, 2.24) is 14.9 Å². The number of benzene rings is 1. The molecule has 1 N–H and O–H groups in total. The van der Waals surface area contributed by atoms with Crippen LogP contribution in [0.15, 0.2) is 18.2 Å². The fourth-order valence-electron chi connectivity index (χ4n) is 2.91. The average Bonchev–Trinajstić information content (AvgIpc) is 3.04. The molecular formula is C19H26N4O4. The molecule has 1 fully saturated rings. The number of ether oxygens (including phenoxy) is 2. The van der Waals surface area contributed by atoms with Crippen molar-refractivity contribution in [2.45, 2.75) is 33.3 Å². The van der Waals surface area contributed by atoms with E-state index in [9.17, 15) is 9.59 Å². The maximum atomic E-state index is 12.2. The van der Waals surface area contributed by atoms with Gasteiger partial charge in [0.2, 0.25) is 5.95 Å². The number of imidazole rings is 1. The molecule has 1 saturated heterocycles. The topological polar surface area (TPSA) is 87.8 Å². The predicted octanol–water partition coefficient (Wildman–Crippen LogP) is 2.80. The molecule has 0 spiro atoms. The summed E-state index contributed by atoms with van der Waals surface area (Å²) < 4.78 is 10.5. The number of hydrogen-bond donors (Lipinski definition) is 1. The van der Waals surface area contributed by atoms with Gasteiger partial charge in [0.15, 0.2) is 0 Å². The van der Waals surface area contributed by atoms with Crippen LogP contribution in [0.2, 0.25) is 0 Å². The molecule has 0 unspecified atom stereocenters. The largest absolute Gasteiger partial charge is 0.462 e. The standard InChI is InChI=1S/C19H26N4O4/c1-5-26-16(24)13-6-7-14-15(12-13)21-17(20-14)22-8-10-23(11-9-22)18(25)27-19(2,3)4/h6-7,12H,5,8-11H2,1-4H3,(H,20,21). The molecule has 1 aromatic carbocycles. The van der Waals surface area contributed by atoms with E-state index in [1.165, 1.54) is 0 Å². The summed E-state index contributed by atoms with van der Waals surface area (Å²) in [4.78, 5) is 35.7. The lowest BCUT2D eigenvalue weighted by molar-refractivity contribution is 0.0240. The summed E-state index contributed by atoms with van der Waals surface area (Å²) in [5, 5.41) is 0. The second-order valence-electron chi connectivity index (χ2n) is 7.47. The fourth-order valence-corrected chi connectivity index (χ4v) is 2.91. The first-order valence-corrected chi connectivity index (χ1v) is 9.16. The van der Waals surface area contributed by atoms with Gasteiger partial charge in [-0.1, -0.05) is 0 Å². The first kappa shape index (κ1) is 19.0. The molecule has 2 heterocycles. The fraction of sp³-hybridized carbons (Fsp3) is 0.526. The molecule has 1 amide bonds. The highest BCUT2D eigenvalue weighted by Crippen LogP contribution is 2.21. The Hall–Kier alpha value is -2.77. The van der Waals surface area contributed by atoms with Crippen LogP contribution >= 0.6 is 0 Å². The summed E-state index contributed by atoms with van der Waals surface area (Å²) in [5.74, 6) is 0.379. The van der Waals surface area contributed by atoms with Crippen LogP contribution in [0.3, 0.4) is 0 Å². The Bertz CT molecular complexity index is 832. The third-order valence-corrected chi connectivity index (χ3v) is 4.21. The number of anilines is 1. The lowest BCUT2D eigenvalue weighted by Gasteiger charge is -2.35. The number of fused-ring (bicyclic) bond motifs is 1. The molecule has 2 aromatic rings. The van der Waals surface area contributed by atoms with E-state index >= 15 is 0 Å². The van der Waals surface area contributed by atoms with Gasteiger partial charge in [-0.2, -0.15) is 0 Å². The molecule has 146 valence electrons. The predicted molar refractivity (Wildman–Crippen MR) is 102 cm³/mol. The van der Waals surface area contributed by atoms with Gasteiger partial charge >= 0.3 is 12.1 Å². The van der Waals surface area contributed by atoms with Gasteiger partial charge in [-0.15, -0.1) is 0 Å². The van der Waals surface area contributed by atoms with Crippen LogP contribution in [0.25, 0.3) is 11.0 Å². The number of hydrogen-bond acceptors (Lipinski definition) is 6. The Morgan fingerprint density at radius 2 is 1.89 bits per heavy atom. The van der Waals surface area contributed by atoms with Crippen molar-refractivity contribution in [3.05, 3.63) is 23.8 Å². The number of aromatic nitrogens is 2. The number of aromatic amines is 1. The zero-order valence-corrected chi connectivity index (χ0v) is 16.2. The van der Waals surface area contributed by atoms with E-state index in [1.807, 2.05) is 26.8 Å². The Balaban J connectivity index is 1.67. The highest BCUT2D eigenvalue weighted by Gasteiger charge is 2.27. The van der Waals surface area contributed by atoms with Crippen molar-refractivity contribution in [2.75, 3.05) is 37.7 Å². The van der Waals surface area contributed by atoms with Gasteiger partial charge in [0, 0.05) is 26.2 Å². The number of H-pyrrole nitrogens is 1. The summed E-state index contributed by atoms with van der Waals surface area (Å²) in [5.41, 5.74) is 1.55. The van der Waals surface area contributed by atoms with Gasteiger partial charge in [0.05, 0.1) is 23.2 Å². The molecule has 8 heteroatoms. The van der Waals surface area contributed by atoms with Crippen LogP contribution in [-0.2, 0) is 9.47 Å². The molecular weight excluding hydrogens is 348 g/mol. The van der Waals surface area contributed by atoms with Crippen LogP contribution in [-0.4, -0.2) is 65.3 Å². The lowest BCUT2D eigenvalue weighted by atomic mass is 10.2. The van der Waals surface area contributed by atoms with Gasteiger partial charge in [0.25, 0.3) is 0 Å². The zero-order valence-electron chi connectivity index (χ0n) is 16.2. The molecule has 0 atom stereocenters. The average molecular weight is 374 g/mol. The van der Waals surface area contributed by atoms with E-state index in [0.29, 0.717) is 43.9 Å². The summed E-state index contributed by atoms with van der Waals surface area (Å²) in [6.07, 6.45) is -0.286. The molecule has 0 aliphatic carbocycles. The van der Waals surface area contributed by atoms with E-state index in [-0.39, 0.29) is 12.1 Å². The Morgan fingerprint density at radius 1 is 1.19 bits per heavy atom. The monoisotopic (exact) mass is 374 g/mol. The third-order valence-electron chi connectivity index (χ3n) is 4.21. The van der Waals surface area contributed by atoms with Gasteiger partial charge in [0.1, 0.15) is 5.60 Å². The van der Waals surface area contributed by atoms with E-state index in [1.54, 1.807) is 24.0 Å². The number of amides is 1. The lowest BCUT2D eigenvalue weighted by Crippen LogP contribution is -2.50. The first-order chi connectivity index (χ1) is 12.8. The number of rotatable bonds is 3. The summed E-state index contributed by atoms with van der Waals surface area (Å²) >= 11 is 0. The number of carbonyl (C=O) groups is 2. The minimum Gasteiger partial charge on any atom is -0.462 e. The van der Waals surface area contributed by atoms with Crippen LogP contribution < -0.4 is 4.90 Å². The van der Waals surface area contributed by atoms with Crippen LogP contribution in [0.5, 0.6) is 0 Å². The maximum Gasteiger partial charge on any atom is 0.410 e. The van der Waals surface area contributed by atoms with Crippen LogP contribution in [0.1, 0.15) is 38.1 Å². The maximum absolute atomic E-state index is 12.2. The van der Waals surface area contributed by atoms with Gasteiger partial charge in [-0.3, -0.25) is 0 Å². The molecule has 0 bridgehead atoms. The number of carbonyl (C=O) groups excluding carboxylic acids is 2. The van der Waals surface area contributed by atoms with Crippen molar-refractivity contribution < 1.29 is 19.1 Å². The number of esters is 1. The summed E-state index contributed by atoms with van der Waals surface area (Å²) in [6.45, 7) is 10.2. The molecule has 1 aliphatic rings. The van der Waals surface area contributed by atoms with E-state index in [4.69, 9.17) is 9.47 Å². The van der Waals surface area contributed by atoms with Crippen LogP contribution in [0.4, 0.5) is 10.7 Å². The molecule has 27 heavy (non-hydrogen) atoms. The van der Waals surface area contributed by atoms with Crippen LogP contribution in [0, 0.1) is 0 Å². The smallest absolute Gasteiger partial charge is 0.410 e. The molecule has 3 rings (SSSR count). The third kappa shape index (κ3) is 4.50. The van der Waals surface area contributed by atoms with Gasteiger partial charge < -0.3 is 24.3 Å². The van der Waals surface area contributed by atoms with Crippen molar-refractivity contribution >= 4 is 29.0 Å². The number of nitrogens with one attached hydrogen (secondary N) is 1. The van der Waals surface area contributed by atoms with Gasteiger partial charge in [-0.25, -0.2) is 14.6 Å². The summed E-state index contributed by atoms with van der Waals surface area (Å²) in [7, 11) is 0. The molecule has 0 radical (unpaired) electrons. The minimum atomic E-state index is -0.496. The minimum absolute atomic E-state index is 0.286. The first-order valence-electron chi connectivity index (χ1n) is 9.16. The molecule has 8 nitrogen and oxygen atoms in total. The Kier molecular flexibility index (Phi) is 5.25. The van der Waals surface area contributed by atoms with E-state index in [2.05, 4.69) is 14.9 Å². The normalized spacial score (nSPS) is 15.1. The SMILES string of the molecule is CCOC(=O)c1ccc2[nH]c(N3CCN(C(=O)OC(C)(C)C)CC3)nc2c1. The number of piperazine rings is 1. The second-order valence-corrected chi connectivity index (χ2v) is 7.47. The van der Waals surface area contributed by atoms with Crippen molar-refractivity contribution in [1.29, 1.82) is 0 Å². The van der Waals surface area contributed by atoms with Gasteiger partial charge in [-0.05, 0) is 45.9 Å². The van der Waals surface area contributed by atoms with Crippen molar-refractivity contribution in [2.24, 2.45) is 0 Å². The van der Waals surface area contributed by atoms with E-state index < -0.39 is 5.60 Å². The second kappa shape index (κ2) is 7.46. The zero-order chi connectivity index (χ0) is 19.6. The highest BCUT2D eigenvalue weighted by atomic mass is 16.6. The van der Waals surface area contributed by atoms with Crippen molar-refractivity contribution in [3.8, 4) is 0 Å².